The van der Waals surface area contributed by atoms with Crippen molar-refractivity contribution in [2.24, 2.45) is 0 Å². The first-order valence-electron chi connectivity index (χ1n) is 6.18. The number of thiazole rings is 1. The Hall–Kier alpha value is -0.230. The molecule has 0 atom stereocenters. The molecule has 2 aromatic heterocycles. The van der Waals surface area contributed by atoms with E-state index in [1.165, 1.54) is 15.4 Å². The number of hydrogen-bond donors (Lipinski definition) is 1. The lowest BCUT2D eigenvalue weighted by Gasteiger charge is -2.00. The van der Waals surface area contributed by atoms with Gasteiger partial charge in [0, 0.05) is 21.3 Å². The van der Waals surface area contributed by atoms with Crippen molar-refractivity contribution in [2.45, 2.75) is 33.2 Å². The predicted octanol–water partition coefficient (Wildman–Crippen LogP) is 4.70. The van der Waals surface area contributed by atoms with E-state index in [1.54, 1.807) is 11.3 Å². The molecule has 98 valence electrons. The van der Waals surface area contributed by atoms with Crippen LogP contribution in [0.3, 0.4) is 0 Å². The molecule has 0 spiro atoms. The summed E-state index contributed by atoms with van der Waals surface area (Å²) in [6.07, 6.45) is 2.22. The Labute approximate surface area is 125 Å². The maximum absolute atomic E-state index is 4.80. The first-order valence-corrected chi connectivity index (χ1v) is 8.67. The van der Waals surface area contributed by atoms with Gasteiger partial charge in [-0.2, -0.15) is 0 Å². The number of hydrogen-bond acceptors (Lipinski definition) is 4. The molecule has 1 N–H and O–H groups in total. The molecule has 2 heterocycles. The number of thiophene rings is 1. The standard InChI is InChI=1S/C13H17BrN2S2/c1-3-5-10-12(7-15-4-2)18-13(16-10)11-6-9(14)8-17-11/h6,8,15H,3-5,7H2,1-2H3. The first kappa shape index (κ1) is 14.2. The van der Waals surface area contributed by atoms with Gasteiger partial charge in [0.1, 0.15) is 5.01 Å². The van der Waals surface area contributed by atoms with Gasteiger partial charge in [0.05, 0.1) is 10.6 Å². The minimum atomic E-state index is 0.941. The fourth-order valence-corrected chi connectivity index (χ4v) is 4.29. The Bertz CT molecular complexity index is 505. The lowest BCUT2D eigenvalue weighted by atomic mass is 10.2. The van der Waals surface area contributed by atoms with Crippen LogP contribution >= 0.6 is 38.6 Å². The van der Waals surface area contributed by atoms with Crippen molar-refractivity contribution in [3.05, 3.63) is 26.5 Å². The Morgan fingerprint density at radius 3 is 2.83 bits per heavy atom. The molecule has 0 aliphatic heterocycles. The average Bonchev–Trinajstić information content (AvgIpc) is 2.94. The number of aryl methyl sites for hydroxylation is 1. The number of aromatic nitrogens is 1. The van der Waals surface area contributed by atoms with E-state index in [1.807, 2.05) is 11.3 Å². The van der Waals surface area contributed by atoms with Crippen LogP contribution in [0.1, 0.15) is 30.8 Å². The van der Waals surface area contributed by atoms with E-state index < -0.39 is 0 Å². The zero-order valence-electron chi connectivity index (χ0n) is 10.6. The zero-order valence-corrected chi connectivity index (χ0v) is 13.8. The van der Waals surface area contributed by atoms with Crippen LogP contribution in [0.4, 0.5) is 0 Å². The summed E-state index contributed by atoms with van der Waals surface area (Å²) in [6, 6.07) is 2.15. The second kappa shape index (κ2) is 6.80. The van der Waals surface area contributed by atoms with Crippen molar-refractivity contribution in [3.8, 4) is 9.88 Å². The summed E-state index contributed by atoms with van der Waals surface area (Å²) in [5.74, 6) is 0. The summed E-state index contributed by atoms with van der Waals surface area (Å²) in [5, 5.41) is 6.66. The van der Waals surface area contributed by atoms with E-state index in [0.717, 1.165) is 35.4 Å². The molecule has 2 rings (SSSR count). The molecule has 2 nitrogen and oxygen atoms in total. The largest absolute Gasteiger partial charge is 0.312 e. The highest BCUT2D eigenvalue weighted by atomic mass is 79.9. The van der Waals surface area contributed by atoms with Gasteiger partial charge in [0.25, 0.3) is 0 Å². The lowest BCUT2D eigenvalue weighted by molar-refractivity contribution is 0.723. The molecule has 2 aromatic rings. The number of nitrogens with one attached hydrogen (secondary N) is 1. The van der Waals surface area contributed by atoms with Crippen LogP contribution in [-0.4, -0.2) is 11.5 Å². The molecule has 0 aliphatic carbocycles. The molecular formula is C13H17BrN2S2. The smallest absolute Gasteiger partial charge is 0.133 e. The number of rotatable bonds is 6. The Morgan fingerprint density at radius 2 is 2.22 bits per heavy atom. The van der Waals surface area contributed by atoms with Gasteiger partial charge in [0.15, 0.2) is 0 Å². The fraction of sp³-hybridized carbons (Fsp3) is 0.462. The monoisotopic (exact) mass is 344 g/mol. The van der Waals surface area contributed by atoms with Crippen molar-refractivity contribution in [1.82, 2.24) is 10.3 Å². The highest BCUT2D eigenvalue weighted by molar-refractivity contribution is 9.10. The van der Waals surface area contributed by atoms with E-state index in [0.29, 0.717) is 0 Å². The Kier molecular flexibility index (Phi) is 5.36. The topological polar surface area (TPSA) is 24.9 Å². The lowest BCUT2D eigenvalue weighted by Crippen LogP contribution is -2.11. The molecule has 0 unspecified atom stereocenters. The SMILES string of the molecule is CCCc1nc(-c2cc(Br)cs2)sc1CNCC. The summed E-state index contributed by atoms with van der Waals surface area (Å²) in [5.41, 5.74) is 1.27. The van der Waals surface area contributed by atoms with Crippen molar-refractivity contribution >= 4 is 38.6 Å². The summed E-state index contributed by atoms with van der Waals surface area (Å²) in [6.45, 7) is 6.29. The normalized spacial score (nSPS) is 11.1. The quantitative estimate of drug-likeness (QED) is 0.821. The van der Waals surface area contributed by atoms with Crippen LogP contribution in [0.15, 0.2) is 15.9 Å². The van der Waals surface area contributed by atoms with Crippen molar-refractivity contribution < 1.29 is 0 Å². The van der Waals surface area contributed by atoms with Crippen LogP contribution in [0, 0.1) is 0 Å². The minimum Gasteiger partial charge on any atom is -0.312 e. The molecule has 0 saturated heterocycles. The van der Waals surface area contributed by atoms with Crippen LogP contribution in [0.25, 0.3) is 9.88 Å². The molecule has 0 radical (unpaired) electrons. The Balaban J connectivity index is 2.26. The van der Waals surface area contributed by atoms with Gasteiger partial charge in [-0.05, 0) is 35.0 Å². The minimum absolute atomic E-state index is 0.941. The van der Waals surface area contributed by atoms with Gasteiger partial charge in [-0.1, -0.05) is 20.3 Å². The molecule has 18 heavy (non-hydrogen) atoms. The van der Waals surface area contributed by atoms with Gasteiger partial charge < -0.3 is 5.32 Å². The fourth-order valence-electron chi connectivity index (χ4n) is 1.72. The van der Waals surface area contributed by atoms with E-state index in [4.69, 9.17) is 4.98 Å². The number of nitrogens with zero attached hydrogens (tertiary/aromatic N) is 1. The van der Waals surface area contributed by atoms with Gasteiger partial charge in [-0.25, -0.2) is 4.98 Å². The maximum atomic E-state index is 4.80. The van der Waals surface area contributed by atoms with E-state index in [9.17, 15) is 0 Å². The highest BCUT2D eigenvalue weighted by Crippen LogP contribution is 2.34. The Morgan fingerprint density at radius 1 is 1.39 bits per heavy atom. The predicted molar refractivity (Wildman–Crippen MR) is 84.5 cm³/mol. The molecule has 5 heteroatoms. The highest BCUT2D eigenvalue weighted by Gasteiger charge is 2.12. The van der Waals surface area contributed by atoms with Gasteiger partial charge in [-0.15, -0.1) is 22.7 Å². The van der Waals surface area contributed by atoms with Gasteiger partial charge in [-0.3, -0.25) is 0 Å². The molecule has 0 aliphatic rings. The third-order valence-corrected chi connectivity index (χ3v) is 5.54. The summed E-state index contributed by atoms with van der Waals surface area (Å²) in [7, 11) is 0. The average molecular weight is 345 g/mol. The second-order valence-corrected chi connectivity index (χ2v) is 6.96. The second-order valence-electron chi connectivity index (χ2n) is 4.05. The van der Waals surface area contributed by atoms with Crippen molar-refractivity contribution in [1.29, 1.82) is 0 Å². The molecule has 0 fully saturated rings. The molecule has 0 aromatic carbocycles. The van der Waals surface area contributed by atoms with Crippen LogP contribution < -0.4 is 5.32 Å². The molecular weight excluding hydrogens is 328 g/mol. The number of halogens is 1. The van der Waals surface area contributed by atoms with E-state index in [2.05, 4.69) is 46.5 Å². The molecule has 0 bridgehead atoms. The molecule has 0 saturated carbocycles. The van der Waals surface area contributed by atoms with Crippen LogP contribution in [-0.2, 0) is 13.0 Å². The zero-order chi connectivity index (χ0) is 13.0. The van der Waals surface area contributed by atoms with Crippen LogP contribution in [0.2, 0.25) is 0 Å². The summed E-state index contributed by atoms with van der Waals surface area (Å²) < 4.78 is 1.14. The third kappa shape index (κ3) is 3.41. The van der Waals surface area contributed by atoms with Crippen molar-refractivity contribution in [3.63, 3.8) is 0 Å². The third-order valence-electron chi connectivity index (χ3n) is 2.58. The summed E-state index contributed by atoms with van der Waals surface area (Å²) >= 11 is 7.07. The van der Waals surface area contributed by atoms with E-state index >= 15 is 0 Å². The van der Waals surface area contributed by atoms with E-state index in [-0.39, 0.29) is 0 Å². The van der Waals surface area contributed by atoms with Gasteiger partial charge in [0.2, 0.25) is 0 Å². The van der Waals surface area contributed by atoms with Crippen LogP contribution in [0.5, 0.6) is 0 Å². The first-order chi connectivity index (χ1) is 8.74. The maximum Gasteiger partial charge on any atom is 0.133 e. The summed E-state index contributed by atoms with van der Waals surface area (Å²) in [4.78, 5) is 7.45. The van der Waals surface area contributed by atoms with Crippen molar-refractivity contribution in [2.75, 3.05) is 6.54 Å². The van der Waals surface area contributed by atoms with Gasteiger partial charge >= 0.3 is 0 Å². The molecule has 0 amide bonds.